The lowest BCUT2D eigenvalue weighted by atomic mass is 10.5. The molecule has 0 amide bonds. The Hall–Kier alpha value is -1.12. The summed E-state index contributed by atoms with van der Waals surface area (Å²) in [6.07, 6.45) is 3.76. The van der Waals surface area contributed by atoms with Gasteiger partial charge in [0.15, 0.2) is 5.69 Å². The molecule has 1 aromatic rings. The van der Waals surface area contributed by atoms with Crippen LogP contribution in [0.15, 0.2) is 17.4 Å². The number of aromatic nitrogens is 2. The van der Waals surface area contributed by atoms with Crippen LogP contribution in [0.2, 0.25) is 0 Å². The van der Waals surface area contributed by atoms with Crippen molar-refractivity contribution in [2.45, 2.75) is 11.4 Å². The molecule has 0 radical (unpaired) electrons. The molecule has 1 heterocycles. The highest BCUT2D eigenvalue weighted by Crippen LogP contribution is 2.13. The van der Waals surface area contributed by atoms with Gasteiger partial charge in [0.1, 0.15) is 11.1 Å². The highest BCUT2D eigenvalue weighted by atomic mass is 32.2. The molecule has 1 aromatic heterocycles. The van der Waals surface area contributed by atoms with Gasteiger partial charge in [-0.25, -0.2) is 9.97 Å². The minimum Gasteiger partial charge on any atom is -0.396 e. The average molecular weight is 195 g/mol. The van der Waals surface area contributed by atoms with Crippen molar-refractivity contribution in [1.82, 2.24) is 9.97 Å². The normalized spacial score (nSPS) is 9.54. The van der Waals surface area contributed by atoms with Gasteiger partial charge in [-0.1, -0.05) is 0 Å². The number of thioether (sulfide) groups is 1. The third kappa shape index (κ3) is 3.40. The van der Waals surface area contributed by atoms with Gasteiger partial charge in [-0.15, -0.1) is 11.8 Å². The van der Waals surface area contributed by atoms with Crippen LogP contribution in [0.1, 0.15) is 12.1 Å². The maximum atomic E-state index is 8.53. The molecule has 5 heteroatoms. The molecule has 4 nitrogen and oxygen atoms in total. The van der Waals surface area contributed by atoms with Gasteiger partial charge >= 0.3 is 0 Å². The Morgan fingerprint density at radius 1 is 1.46 bits per heavy atom. The number of hydrogen-bond donors (Lipinski definition) is 1. The van der Waals surface area contributed by atoms with E-state index in [2.05, 4.69) is 9.97 Å². The fourth-order valence-corrected chi connectivity index (χ4v) is 1.43. The van der Waals surface area contributed by atoms with E-state index in [9.17, 15) is 0 Å². The first-order chi connectivity index (χ1) is 6.36. The summed E-state index contributed by atoms with van der Waals surface area (Å²) in [7, 11) is 0. The second-order valence-electron chi connectivity index (χ2n) is 2.28. The summed E-state index contributed by atoms with van der Waals surface area (Å²) >= 11 is 1.52. The van der Waals surface area contributed by atoms with Crippen molar-refractivity contribution in [2.75, 3.05) is 12.4 Å². The largest absolute Gasteiger partial charge is 0.396 e. The minimum atomic E-state index is 0.191. The highest BCUT2D eigenvalue weighted by Gasteiger charge is 1.96. The molecule has 0 saturated carbocycles. The predicted molar refractivity (Wildman–Crippen MR) is 49.2 cm³/mol. The fourth-order valence-electron chi connectivity index (χ4n) is 0.690. The van der Waals surface area contributed by atoms with Crippen molar-refractivity contribution >= 4 is 11.8 Å². The van der Waals surface area contributed by atoms with Gasteiger partial charge in [0.05, 0.1) is 12.4 Å². The number of nitrogens with zero attached hydrogens (tertiary/aromatic N) is 3. The lowest BCUT2D eigenvalue weighted by Crippen LogP contribution is -1.89. The zero-order valence-corrected chi connectivity index (χ0v) is 7.79. The molecule has 0 aliphatic carbocycles. The van der Waals surface area contributed by atoms with Crippen molar-refractivity contribution in [1.29, 1.82) is 5.26 Å². The van der Waals surface area contributed by atoms with Crippen LogP contribution < -0.4 is 0 Å². The van der Waals surface area contributed by atoms with Crippen LogP contribution in [-0.2, 0) is 0 Å². The maximum Gasteiger partial charge on any atom is 0.158 e. The number of hydrogen-bond acceptors (Lipinski definition) is 5. The molecule has 0 aromatic carbocycles. The zero-order valence-electron chi connectivity index (χ0n) is 6.97. The molecule has 0 bridgehead atoms. The smallest absolute Gasteiger partial charge is 0.158 e. The predicted octanol–water partition coefficient (Wildman–Crippen LogP) is 0.823. The van der Waals surface area contributed by atoms with Crippen LogP contribution in [0.25, 0.3) is 0 Å². The standard InChI is InChI=1S/C8H9N3OS/c9-4-7-5-11-8(6-10-7)13-3-1-2-12/h5-6,12H,1-3H2. The number of rotatable bonds is 4. The van der Waals surface area contributed by atoms with E-state index in [1.165, 1.54) is 18.0 Å². The molecule has 0 saturated heterocycles. The van der Waals surface area contributed by atoms with Crippen molar-refractivity contribution < 1.29 is 5.11 Å². The van der Waals surface area contributed by atoms with E-state index in [4.69, 9.17) is 10.4 Å². The first-order valence-electron chi connectivity index (χ1n) is 3.82. The Kier molecular flexibility index (Phi) is 4.23. The Morgan fingerprint density at radius 3 is 2.85 bits per heavy atom. The number of aliphatic hydroxyl groups excluding tert-OH is 1. The molecule has 1 rings (SSSR count). The average Bonchev–Trinajstić information content (AvgIpc) is 2.19. The molecule has 1 N–H and O–H groups in total. The molecule has 0 spiro atoms. The molecule has 13 heavy (non-hydrogen) atoms. The maximum absolute atomic E-state index is 8.53. The summed E-state index contributed by atoms with van der Waals surface area (Å²) in [6, 6.07) is 1.90. The van der Waals surface area contributed by atoms with E-state index in [1.807, 2.05) is 6.07 Å². The van der Waals surface area contributed by atoms with Crippen LogP contribution >= 0.6 is 11.8 Å². The highest BCUT2D eigenvalue weighted by molar-refractivity contribution is 7.99. The number of aliphatic hydroxyl groups is 1. The van der Waals surface area contributed by atoms with Gasteiger partial charge in [0, 0.05) is 12.4 Å². The van der Waals surface area contributed by atoms with Crippen LogP contribution in [0.4, 0.5) is 0 Å². The van der Waals surface area contributed by atoms with Crippen molar-refractivity contribution in [3.63, 3.8) is 0 Å². The second kappa shape index (κ2) is 5.51. The van der Waals surface area contributed by atoms with E-state index in [0.717, 1.165) is 17.2 Å². The van der Waals surface area contributed by atoms with E-state index >= 15 is 0 Å². The monoisotopic (exact) mass is 195 g/mol. The molecule has 68 valence electrons. The fraction of sp³-hybridized carbons (Fsp3) is 0.375. The molecular weight excluding hydrogens is 186 g/mol. The Labute approximate surface area is 80.6 Å². The number of nitriles is 1. The molecule has 0 atom stereocenters. The first-order valence-corrected chi connectivity index (χ1v) is 4.81. The van der Waals surface area contributed by atoms with E-state index in [0.29, 0.717) is 5.69 Å². The van der Waals surface area contributed by atoms with Gasteiger partial charge < -0.3 is 5.11 Å². The summed E-state index contributed by atoms with van der Waals surface area (Å²) in [5.41, 5.74) is 0.325. The van der Waals surface area contributed by atoms with Gasteiger partial charge in [0.25, 0.3) is 0 Å². The summed E-state index contributed by atoms with van der Waals surface area (Å²) in [5, 5.41) is 17.8. The Balaban J connectivity index is 2.46. The molecule has 0 fully saturated rings. The van der Waals surface area contributed by atoms with E-state index in [1.54, 1.807) is 6.20 Å². The zero-order chi connectivity index (χ0) is 9.52. The lowest BCUT2D eigenvalue weighted by molar-refractivity contribution is 0.296. The van der Waals surface area contributed by atoms with E-state index < -0.39 is 0 Å². The van der Waals surface area contributed by atoms with Crippen molar-refractivity contribution in [2.24, 2.45) is 0 Å². The molecule has 0 unspecified atom stereocenters. The van der Waals surface area contributed by atoms with Gasteiger partial charge in [-0.3, -0.25) is 0 Å². The molecule has 0 aliphatic heterocycles. The minimum absolute atomic E-state index is 0.191. The Bertz CT molecular complexity index is 293. The van der Waals surface area contributed by atoms with Crippen LogP contribution in [0.5, 0.6) is 0 Å². The van der Waals surface area contributed by atoms with Crippen molar-refractivity contribution in [3.05, 3.63) is 18.1 Å². The summed E-state index contributed by atoms with van der Waals surface area (Å²) in [6.45, 7) is 0.191. The quantitative estimate of drug-likeness (QED) is 0.569. The first kappa shape index (κ1) is 9.96. The topological polar surface area (TPSA) is 69.8 Å². The van der Waals surface area contributed by atoms with Crippen LogP contribution in [0, 0.1) is 11.3 Å². The van der Waals surface area contributed by atoms with Crippen LogP contribution in [-0.4, -0.2) is 27.4 Å². The second-order valence-corrected chi connectivity index (χ2v) is 3.39. The summed E-state index contributed by atoms with van der Waals surface area (Å²) in [4.78, 5) is 7.89. The van der Waals surface area contributed by atoms with Crippen molar-refractivity contribution in [3.8, 4) is 6.07 Å². The van der Waals surface area contributed by atoms with Gasteiger partial charge in [-0.05, 0) is 6.42 Å². The molecular formula is C8H9N3OS. The summed E-state index contributed by atoms with van der Waals surface area (Å²) < 4.78 is 0. The SMILES string of the molecule is N#Cc1cnc(SCCCO)cn1. The van der Waals surface area contributed by atoms with Gasteiger partial charge in [0.2, 0.25) is 0 Å². The van der Waals surface area contributed by atoms with Gasteiger partial charge in [-0.2, -0.15) is 5.26 Å². The van der Waals surface area contributed by atoms with E-state index in [-0.39, 0.29) is 6.61 Å². The third-order valence-electron chi connectivity index (χ3n) is 1.30. The third-order valence-corrected chi connectivity index (χ3v) is 2.29. The van der Waals surface area contributed by atoms with Crippen LogP contribution in [0.3, 0.4) is 0 Å². The Morgan fingerprint density at radius 2 is 2.31 bits per heavy atom. The molecule has 0 aliphatic rings. The summed E-state index contributed by atoms with van der Waals surface area (Å²) in [5.74, 6) is 0.817. The lowest BCUT2D eigenvalue weighted by Gasteiger charge is -1.97.